The second-order valence-corrected chi connectivity index (χ2v) is 5.97. The molecule has 2 aromatic heterocycles. The molecule has 5 nitrogen and oxygen atoms in total. The summed E-state index contributed by atoms with van der Waals surface area (Å²) in [6.07, 6.45) is 7.09. The standard InChI is InChI=1S/C18H23N3O2/c1-2-5-18(22)21-11-16-7-4-9-20(16)12-17(13-21)23-14-15-6-3-8-19-10-15/h3-4,6-10,17H,2,5,11-14H2,1H3/t17-/m1/s1. The fourth-order valence-corrected chi connectivity index (χ4v) is 2.92. The number of rotatable bonds is 5. The van der Waals surface area contributed by atoms with Crippen molar-refractivity contribution in [3.05, 3.63) is 54.1 Å². The van der Waals surface area contributed by atoms with E-state index in [-0.39, 0.29) is 12.0 Å². The Morgan fingerprint density at radius 3 is 3.04 bits per heavy atom. The van der Waals surface area contributed by atoms with Crippen molar-refractivity contribution in [2.75, 3.05) is 6.54 Å². The van der Waals surface area contributed by atoms with E-state index in [4.69, 9.17) is 4.74 Å². The Hall–Kier alpha value is -2.14. The van der Waals surface area contributed by atoms with Crippen LogP contribution in [-0.2, 0) is 29.2 Å². The topological polar surface area (TPSA) is 47.4 Å². The van der Waals surface area contributed by atoms with Crippen molar-refractivity contribution in [2.24, 2.45) is 0 Å². The highest BCUT2D eigenvalue weighted by molar-refractivity contribution is 5.76. The van der Waals surface area contributed by atoms with Crippen LogP contribution in [0.25, 0.3) is 0 Å². The lowest BCUT2D eigenvalue weighted by Gasteiger charge is -2.24. The van der Waals surface area contributed by atoms with Gasteiger partial charge in [-0.2, -0.15) is 0 Å². The summed E-state index contributed by atoms with van der Waals surface area (Å²) < 4.78 is 8.27. The molecule has 0 aliphatic carbocycles. The summed E-state index contributed by atoms with van der Waals surface area (Å²) in [6, 6.07) is 8.02. The summed E-state index contributed by atoms with van der Waals surface area (Å²) in [4.78, 5) is 18.4. The maximum absolute atomic E-state index is 12.4. The van der Waals surface area contributed by atoms with Gasteiger partial charge in [0.05, 0.1) is 25.8 Å². The van der Waals surface area contributed by atoms with Crippen LogP contribution in [0.15, 0.2) is 42.9 Å². The summed E-state index contributed by atoms with van der Waals surface area (Å²) in [5.41, 5.74) is 2.22. The summed E-state index contributed by atoms with van der Waals surface area (Å²) >= 11 is 0. The van der Waals surface area contributed by atoms with Crippen LogP contribution in [0, 0.1) is 0 Å². The number of fused-ring (bicyclic) bond motifs is 1. The Bertz CT molecular complexity index is 639. The summed E-state index contributed by atoms with van der Waals surface area (Å²) in [7, 11) is 0. The van der Waals surface area contributed by atoms with Crippen LogP contribution in [-0.4, -0.2) is 33.0 Å². The molecular weight excluding hydrogens is 290 g/mol. The number of hydrogen-bond acceptors (Lipinski definition) is 3. The first-order valence-corrected chi connectivity index (χ1v) is 8.18. The second-order valence-electron chi connectivity index (χ2n) is 5.97. The molecule has 1 amide bonds. The molecular formula is C18H23N3O2. The third kappa shape index (κ3) is 3.99. The maximum Gasteiger partial charge on any atom is 0.222 e. The number of carbonyl (C=O) groups is 1. The van der Waals surface area contributed by atoms with Gasteiger partial charge < -0.3 is 14.2 Å². The second kappa shape index (κ2) is 7.42. The molecule has 122 valence electrons. The zero-order chi connectivity index (χ0) is 16.1. The molecule has 2 aromatic rings. The van der Waals surface area contributed by atoms with Crippen molar-refractivity contribution in [3.63, 3.8) is 0 Å². The molecule has 0 saturated carbocycles. The van der Waals surface area contributed by atoms with Crippen molar-refractivity contribution in [1.82, 2.24) is 14.5 Å². The predicted octanol–water partition coefficient (Wildman–Crippen LogP) is 2.61. The van der Waals surface area contributed by atoms with Crippen molar-refractivity contribution in [2.45, 2.75) is 45.6 Å². The Morgan fingerprint density at radius 1 is 1.35 bits per heavy atom. The van der Waals surface area contributed by atoms with Crippen molar-refractivity contribution < 1.29 is 9.53 Å². The highest BCUT2D eigenvalue weighted by Gasteiger charge is 2.24. The maximum atomic E-state index is 12.4. The van der Waals surface area contributed by atoms with Gasteiger partial charge in [-0.3, -0.25) is 9.78 Å². The van der Waals surface area contributed by atoms with Crippen LogP contribution in [0.1, 0.15) is 31.0 Å². The molecule has 23 heavy (non-hydrogen) atoms. The Morgan fingerprint density at radius 2 is 2.26 bits per heavy atom. The summed E-state index contributed by atoms with van der Waals surface area (Å²) in [5.74, 6) is 0.206. The first-order chi connectivity index (χ1) is 11.3. The van der Waals surface area contributed by atoms with Gasteiger partial charge in [0, 0.05) is 37.3 Å². The van der Waals surface area contributed by atoms with Crippen LogP contribution in [0.4, 0.5) is 0 Å². The van der Waals surface area contributed by atoms with Gasteiger partial charge in [0.15, 0.2) is 0 Å². The van der Waals surface area contributed by atoms with Gasteiger partial charge in [-0.05, 0) is 30.2 Å². The number of pyridine rings is 1. The van der Waals surface area contributed by atoms with Crippen LogP contribution >= 0.6 is 0 Å². The first-order valence-electron chi connectivity index (χ1n) is 8.18. The minimum absolute atomic E-state index is 0.00957. The molecule has 0 unspecified atom stereocenters. The van der Waals surface area contributed by atoms with Crippen molar-refractivity contribution >= 4 is 5.91 Å². The zero-order valence-corrected chi connectivity index (χ0v) is 13.5. The molecule has 1 aliphatic heterocycles. The smallest absolute Gasteiger partial charge is 0.222 e. The fourth-order valence-electron chi connectivity index (χ4n) is 2.92. The van der Waals surface area contributed by atoms with E-state index >= 15 is 0 Å². The summed E-state index contributed by atoms with van der Waals surface area (Å²) in [6.45, 7) is 4.64. The summed E-state index contributed by atoms with van der Waals surface area (Å²) in [5, 5.41) is 0. The molecule has 5 heteroatoms. The van der Waals surface area contributed by atoms with Gasteiger partial charge in [0.25, 0.3) is 0 Å². The van der Waals surface area contributed by atoms with Crippen molar-refractivity contribution in [1.29, 1.82) is 0 Å². The fraction of sp³-hybridized carbons (Fsp3) is 0.444. The normalized spacial score (nSPS) is 17.6. The van der Waals surface area contributed by atoms with E-state index in [1.807, 2.05) is 36.2 Å². The number of nitrogens with zero attached hydrogens (tertiary/aromatic N) is 3. The average molecular weight is 313 g/mol. The van der Waals surface area contributed by atoms with E-state index in [2.05, 4.69) is 21.8 Å². The van der Waals surface area contributed by atoms with E-state index in [0.717, 1.165) is 18.5 Å². The third-order valence-electron chi connectivity index (χ3n) is 4.13. The molecule has 0 saturated heterocycles. The highest BCUT2D eigenvalue weighted by Crippen LogP contribution is 2.17. The van der Waals surface area contributed by atoms with Crippen molar-refractivity contribution in [3.8, 4) is 0 Å². The monoisotopic (exact) mass is 313 g/mol. The number of amides is 1. The molecule has 3 heterocycles. The number of ether oxygens (including phenoxy) is 1. The molecule has 3 rings (SSSR count). The number of hydrogen-bond donors (Lipinski definition) is 0. The van der Waals surface area contributed by atoms with Gasteiger partial charge in [-0.25, -0.2) is 0 Å². The Kier molecular flexibility index (Phi) is 5.08. The average Bonchev–Trinajstić information content (AvgIpc) is 2.92. The lowest BCUT2D eigenvalue weighted by Crippen LogP contribution is -2.37. The van der Waals surface area contributed by atoms with E-state index in [9.17, 15) is 4.79 Å². The molecule has 0 fully saturated rings. The van der Waals surface area contributed by atoms with Crippen LogP contribution in [0.5, 0.6) is 0 Å². The predicted molar refractivity (Wildman–Crippen MR) is 87.6 cm³/mol. The lowest BCUT2D eigenvalue weighted by molar-refractivity contribution is -0.133. The Labute approximate surface area is 136 Å². The third-order valence-corrected chi connectivity index (χ3v) is 4.13. The van der Waals surface area contributed by atoms with E-state index in [0.29, 0.717) is 26.1 Å². The van der Waals surface area contributed by atoms with E-state index in [1.165, 1.54) is 5.69 Å². The SMILES string of the molecule is CCCC(=O)N1Cc2cccn2C[C@@H](OCc2cccnc2)C1. The first kappa shape index (κ1) is 15.7. The molecule has 0 spiro atoms. The van der Waals surface area contributed by atoms with Gasteiger partial charge in [-0.15, -0.1) is 0 Å². The van der Waals surface area contributed by atoms with Crippen LogP contribution in [0.3, 0.4) is 0 Å². The minimum Gasteiger partial charge on any atom is -0.370 e. The molecule has 0 bridgehead atoms. The Balaban J connectivity index is 1.70. The minimum atomic E-state index is -0.00957. The van der Waals surface area contributed by atoms with Crippen LogP contribution in [0.2, 0.25) is 0 Å². The van der Waals surface area contributed by atoms with Gasteiger partial charge >= 0.3 is 0 Å². The lowest BCUT2D eigenvalue weighted by atomic mass is 10.2. The number of aromatic nitrogens is 2. The quantitative estimate of drug-likeness (QED) is 0.852. The zero-order valence-electron chi connectivity index (χ0n) is 13.5. The number of carbonyl (C=O) groups excluding carboxylic acids is 1. The molecule has 1 atom stereocenters. The van der Waals surface area contributed by atoms with Gasteiger partial charge in [0.2, 0.25) is 5.91 Å². The molecule has 0 N–H and O–H groups in total. The van der Waals surface area contributed by atoms with Gasteiger partial charge in [0.1, 0.15) is 0 Å². The molecule has 0 radical (unpaired) electrons. The molecule has 1 aliphatic rings. The van der Waals surface area contributed by atoms with Gasteiger partial charge in [-0.1, -0.05) is 13.0 Å². The highest BCUT2D eigenvalue weighted by atomic mass is 16.5. The molecule has 0 aromatic carbocycles. The van der Waals surface area contributed by atoms with E-state index in [1.54, 1.807) is 6.20 Å². The van der Waals surface area contributed by atoms with E-state index < -0.39 is 0 Å². The largest absolute Gasteiger partial charge is 0.370 e. The van der Waals surface area contributed by atoms with Crippen LogP contribution < -0.4 is 0 Å².